The van der Waals surface area contributed by atoms with Gasteiger partial charge in [-0.05, 0) is 24.3 Å². The minimum Gasteiger partial charge on any atom is -0.369 e. The summed E-state index contributed by atoms with van der Waals surface area (Å²) >= 11 is 3.36. The van der Waals surface area contributed by atoms with Crippen LogP contribution < -0.4 is 5.32 Å². The Morgan fingerprint density at radius 1 is 1.19 bits per heavy atom. The number of halogens is 1. The molecule has 1 heterocycles. The molecule has 0 saturated heterocycles. The summed E-state index contributed by atoms with van der Waals surface area (Å²) in [4.78, 5) is 4.08. The predicted octanol–water partition coefficient (Wildman–Crippen LogP) is 2.95. The highest BCUT2D eigenvalue weighted by Crippen LogP contribution is 2.19. The number of hydrogen-bond acceptors (Lipinski definition) is 3. The van der Waals surface area contributed by atoms with Crippen LogP contribution in [-0.2, 0) is 0 Å². The Labute approximate surface area is 102 Å². The Hall–Kier alpha value is -1.39. The van der Waals surface area contributed by atoms with Gasteiger partial charge in [0.1, 0.15) is 5.82 Å². The molecule has 0 amide bonds. The zero-order chi connectivity index (χ0) is 11.4. The summed E-state index contributed by atoms with van der Waals surface area (Å²) in [7, 11) is 0. The van der Waals surface area contributed by atoms with E-state index in [1.54, 1.807) is 12.3 Å². The van der Waals surface area contributed by atoms with Crippen molar-refractivity contribution in [3.63, 3.8) is 0 Å². The summed E-state index contributed by atoms with van der Waals surface area (Å²) in [5.41, 5.74) is 0.792. The van der Waals surface area contributed by atoms with Crippen LogP contribution in [0.1, 0.15) is 11.8 Å². The molecule has 82 valence electrons. The van der Waals surface area contributed by atoms with E-state index in [4.69, 9.17) is 0 Å². The van der Waals surface area contributed by atoms with E-state index >= 15 is 0 Å². The molecule has 2 rings (SSSR count). The van der Waals surface area contributed by atoms with Gasteiger partial charge in [-0.25, -0.2) is 4.98 Å². The largest absolute Gasteiger partial charge is 0.369 e. The van der Waals surface area contributed by atoms with Crippen molar-refractivity contribution >= 4 is 21.7 Å². The van der Waals surface area contributed by atoms with E-state index in [0.29, 0.717) is 5.82 Å². The van der Waals surface area contributed by atoms with Crippen LogP contribution in [0.3, 0.4) is 0 Å². The first-order chi connectivity index (χ1) is 7.75. The van der Waals surface area contributed by atoms with Crippen molar-refractivity contribution in [2.75, 3.05) is 5.32 Å². The molecule has 0 spiro atoms. The van der Waals surface area contributed by atoms with Gasteiger partial charge in [-0.3, -0.25) is 0 Å². The van der Waals surface area contributed by atoms with Gasteiger partial charge in [0.2, 0.25) is 0 Å². The molecule has 0 aliphatic carbocycles. The van der Waals surface area contributed by atoms with Crippen molar-refractivity contribution in [2.45, 2.75) is 6.23 Å². The zero-order valence-corrected chi connectivity index (χ0v) is 10.1. The molecule has 0 fully saturated rings. The van der Waals surface area contributed by atoms with Gasteiger partial charge in [0, 0.05) is 16.2 Å². The zero-order valence-electron chi connectivity index (χ0n) is 8.47. The first kappa shape index (κ1) is 11.1. The molecule has 0 bridgehead atoms. The molecule has 0 saturated carbocycles. The summed E-state index contributed by atoms with van der Waals surface area (Å²) in [5.74, 6) is 0.648. The summed E-state index contributed by atoms with van der Waals surface area (Å²) in [5, 5.41) is 12.8. The number of pyridine rings is 1. The number of hydrogen-bond donors (Lipinski definition) is 2. The van der Waals surface area contributed by atoms with Gasteiger partial charge < -0.3 is 10.4 Å². The third-order valence-corrected chi connectivity index (χ3v) is 2.61. The standard InChI is InChI=1S/C12H11BrN2O/c13-10-5-3-4-9(8-10)12(16)15-11-6-1-2-7-14-11/h1-8,12,16H,(H,14,15). The lowest BCUT2D eigenvalue weighted by Gasteiger charge is -2.13. The van der Waals surface area contributed by atoms with Crippen molar-refractivity contribution in [1.29, 1.82) is 0 Å². The monoisotopic (exact) mass is 278 g/mol. The van der Waals surface area contributed by atoms with Crippen LogP contribution in [0.15, 0.2) is 53.1 Å². The van der Waals surface area contributed by atoms with E-state index in [0.717, 1.165) is 10.0 Å². The molecule has 1 unspecified atom stereocenters. The molecule has 1 atom stereocenters. The maximum absolute atomic E-state index is 9.93. The number of aliphatic hydroxyl groups is 1. The Morgan fingerprint density at radius 2 is 2.06 bits per heavy atom. The highest BCUT2D eigenvalue weighted by atomic mass is 79.9. The predicted molar refractivity (Wildman–Crippen MR) is 67.0 cm³/mol. The van der Waals surface area contributed by atoms with Crippen molar-refractivity contribution in [3.05, 3.63) is 58.7 Å². The fourth-order valence-electron chi connectivity index (χ4n) is 1.35. The number of anilines is 1. The number of nitrogens with one attached hydrogen (secondary N) is 1. The van der Waals surface area contributed by atoms with Gasteiger partial charge in [-0.1, -0.05) is 34.1 Å². The summed E-state index contributed by atoms with van der Waals surface area (Å²) in [6.07, 6.45) is 0.920. The molecule has 1 aromatic carbocycles. The molecule has 0 aliphatic rings. The lowest BCUT2D eigenvalue weighted by Crippen LogP contribution is -2.10. The van der Waals surface area contributed by atoms with Gasteiger partial charge in [-0.2, -0.15) is 0 Å². The van der Waals surface area contributed by atoms with Crippen LogP contribution >= 0.6 is 15.9 Å². The molecular weight excluding hydrogens is 268 g/mol. The van der Waals surface area contributed by atoms with E-state index in [9.17, 15) is 5.11 Å². The number of rotatable bonds is 3. The smallest absolute Gasteiger partial charge is 0.151 e. The van der Waals surface area contributed by atoms with Crippen molar-refractivity contribution in [1.82, 2.24) is 4.98 Å². The Balaban J connectivity index is 2.12. The van der Waals surface area contributed by atoms with E-state index in [2.05, 4.69) is 26.2 Å². The van der Waals surface area contributed by atoms with Gasteiger partial charge in [-0.15, -0.1) is 0 Å². The normalized spacial score (nSPS) is 12.1. The van der Waals surface area contributed by atoms with Crippen LogP contribution in [-0.4, -0.2) is 10.1 Å². The average Bonchev–Trinajstić information content (AvgIpc) is 2.30. The van der Waals surface area contributed by atoms with E-state index in [1.807, 2.05) is 36.4 Å². The van der Waals surface area contributed by atoms with Crippen molar-refractivity contribution in [2.24, 2.45) is 0 Å². The third kappa shape index (κ3) is 2.81. The maximum atomic E-state index is 9.93. The first-order valence-electron chi connectivity index (χ1n) is 4.87. The Kier molecular flexibility index (Phi) is 3.54. The van der Waals surface area contributed by atoms with E-state index < -0.39 is 6.23 Å². The van der Waals surface area contributed by atoms with E-state index in [-0.39, 0.29) is 0 Å². The maximum Gasteiger partial charge on any atom is 0.151 e. The van der Waals surface area contributed by atoms with Gasteiger partial charge in [0.25, 0.3) is 0 Å². The fraction of sp³-hybridized carbons (Fsp3) is 0.0833. The minimum atomic E-state index is -0.757. The molecular formula is C12H11BrN2O. The highest BCUT2D eigenvalue weighted by molar-refractivity contribution is 9.10. The number of benzene rings is 1. The van der Waals surface area contributed by atoms with Gasteiger partial charge >= 0.3 is 0 Å². The number of aliphatic hydroxyl groups excluding tert-OH is 1. The average molecular weight is 279 g/mol. The second-order valence-electron chi connectivity index (χ2n) is 3.32. The van der Waals surface area contributed by atoms with Crippen LogP contribution in [0.5, 0.6) is 0 Å². The number of aromatic nitrogens is 1. The van der Waals surface area contributed by atoms with Gasteiger partial charge in [0.15, 0.2) is 6.23 Å². The Morgan fingerprint density at radius 3 is 2.75 bits per heavy atom. The topological polar surface area (TPSA) is 45.1 Å². The lowest BCUT2D eigenvalue weighted by atomic mass is 10.2. The van der Waals surface area contributed by atoms with Crippen LogP contribution in [0.4, 0.5) is 5.82 Å². The fourth-order valence-corrected chi connectivity index (χ4v) is 1.77. The molecule has 0 aliphatic heterocycles. The molecule has 2 aromatic rings. The molecule has 2 N–H and O–H groups in total. The molecule has 16 heavy (non-hydrogen) atoms. The number of nitrogens with zero attached hydrogens (tertiary/aromatic N) is 1. The Bertz CT molecular complexity index is 462. The van der Waals surface area contributed by atoms with E-state index in [1.165, 1.54) is 0 Å². The lowest BCUT2D eigenvalue weighted by molar-refractivity contribution is 0.207. The third-order valence-electron chi connectivity index (χ3n) is 2.11. The minimum absolute atomic E-state index is 0.648. The highest BCUT2D eigenvalue weighted by Gasteiger charge is 2.07. The van der Waals surface area contributed by atoms with Crippen LogP contribution in [0.25, 0.3) is 0 Å². The molecule has 3 nitrogen and oxygen atoms in total. The van der Waals surface area contributed by atoms with Crippen molar-refractivity contribution in [3.8, 4) is 0 Å². The van der Waals surface area contributed by atoms with Gasteiger partial charge in [0.05, 0.1) is 0 Å². The molecule has 1 aromatic heterocycles. The summed E-state index contributed by atoms with van der Waals surface area (Å²) < 4.78 is 0.937. The van der Waals surface area contributed by atoms with Crippen molar-refractivity contribution < 1.29 is 5.11 Å². The summed E-state index contributed by atoms with van der Waals surface area (Å²) in [6, 6.07) is 13.0. The molecule has 4 heteroatoms. The second-order valence-corrected chi connectivity index (χ2v) is 4.23. The first-order valence-corrected chi connectivity index (χ1v) is 5.66. The quantitative estimate of drug-likeness (QED) is 0.849. The SMILES string of the molecule is OC(Nc1ccccn1)c1cccc(Br)c1. The molecule has 0 radical (unpaired) electrons. The second kappa shape index (κ2) is 5.09. The summed E-state index contributed by atoms with van der Waals surface area (Å²) in [6.45, 7) is 0. The van der Waals surface area contributed by atoms with Crippen LogP contribution in [0, 0.1) is 0 Å². The van der Waals surface area contributed by atoms with Crippen LogP contribution in [0.2, 0.25) is 0 Å².